The third kappa shape index (κ3) is 7.82. The first-order chi connectivity index (χ1) is 20.2. The van der Waals surface area contributed by atoms with Crippen molar-refractivity contribution in [3.63, 3.8) is 0 Å². The second-order valence-electron chi connectivity index (χ2n) is 9.42. The van der Waals surface area contributed by atoms with Gasteiger partial charge in [0.15, 0.2) is 12.3 Å². The molecule has 4 aromatic rings. The summed E-state index contributed by atoms with van der Waals surface area (Å²) in [6.45, 7) is 2.54. The minimum absolute atomic E-state index is 0.0126. The number of imidazole rings is 1. The zero-order valence-electron chi connectivity index (χ0n) is 22.4. The number of rotatable bonds is 10. The van der Waals surface area contributed by atoms with Gasteiger partial charge in [0.2, 0.25) is 17.7 Å². The summed E-state index contributed by atoms with van der Waals surface area (Å²) in [5.74, 6) is -1.70. The highest BCUT2D eigenvalue weighted by atomic mass is 35.5. The number of hydrogen-bond acceptors (Lipinski definition) is 6. The molecule has 2 aromatic carbocycles. The normalized spacial score (nSPS) is 11.7. The third-order valence-electron chi connectivity index (χ3n) is 5.89. The van der Waals surface area contributed by atoms with Gasteiger partial charge in [0.1, 0.15) is 5.56 Å². The van der Waals surface area contributed by atoms with Gasteiger partial charge in [0.25, 0.3) is 12.3 Å². The van der Waals surface area contributed by atoms with E-state index in [-0.39, 0.29) is 62.5 Å². The molecule has 0 saturated heterocycles. The van der Waals surface area contributed by atoms with Gasteiger partial charge in [0.05, 0.1) is 26.8 Å². The lowest BCUT2D eigenvalue weighted by Gasteiger charge is -2.13. The number of benzene rings is 2. The van der Waals surface area contributed by atoms with Gasteiger partial charge in [0, 0.05) is 18.2 Å². The maximum absolute atomic E-state index is 13.0. The molecule has 0 spiro atoms. The van der Waals surface area contributed by atoms with Crippen LogP contribution < -0.4 is 20.7 Å². The van der Waals surface area contributed by atoms with Crippen LogP contribution in [0.25, 0.3) is 11.2 Å². The van der Waals surface area contributed by atoms with E-state index in [1.54, 1.807) is 26.0 Å². The molecule has 2 amide bonds. The Morgan fingerprint density at radius 1 is 1.05 bits per heavy atom. The van der Waals surface area contributed by atoms with E-state index in [9.17, 15) is 31.5 Å². The number of ether oxygens (including phenoxy) is 1. The molecule has 0 aliphatic rings. The molecule has 4 rings (SSSR count). The second kappa shape index (κ2) is 13.0. The Labute approximate surface area is 251 Å². The highest BCUT2D eigenvalue weighted by Gasteiger charge is 2.30. The fourth-order valence-electron chi connectivity index (χ4n) is 3.69. The quantitative estimate of drug-likeness (QED) is 0.136. The van der Waals surface area contributed by atoms with Crippen molar-refractivity contribution in [1.82, 2.24) is 20.3 Å². The zero-order valence-corrected chi connectivity index (χ0v) is 23.9. The van der Waals surface area contributed by atoms with E-state index in [0.29, 0.717) is 5.56 Å². The summed E-state index contributed by atoms with van der Waals surface area (Å²) in [5.41, 5.74) is -0.240. The van der Waals surface area contributed by atoms with Crippen LogP contribution in [0.3, 0.4) is 0 Å². The van der Waals surface area contributed by atoms with Gasteiger partial charge in [-0.2, -0.15) is 23.1 Å². The van der Waals surface area contributed by atoms with Gasteiger partial charge in [-0.25, -0.2) is 8.78 Å². The van der Waals surface area contributed by atoms with Crippen LogP contribution in [-0.2, 0) is 17.5 Å². The van der Waals surface area contributed by atoms with Gasteiger partial charge in [-0.05, 0) is 42.0 Å². The van der Waals surface area contributed by atoms with Crippen molar-refractivity contribution in [3.8, 4) is 5.88 Å². The van der Waals surface area contributed by atoms with Crippen molar-refractivity contribution in [2.45, 2.75) is 33.0 Å². The van der Waals surface area contributed by atoms with Gasteiger partial charge in [-0.3, -0.25) is 9.59 Å². The van der Waals surface area contributed by atoms with E-state index in [1.807, 2.05) is 0 Å². The molecule has 9 nitrogen and oxygen atoms in total. The minimum atomic E-state index is -4.57. The fourth-order valence-corrected chi connectivity index (χ4v) is 4.22. The average molecular weight is 645 g/mol. The van der Waals surface area contributed by atoms with E-state index in [4.69, 9.17) is 27.9 Å². The lowest BCUT2D eigenvalue weighted by Crippen LogP contribution is -2.27. The molecule has 0 radical (unpaired) electrons. The Morgan fingerprint density at radius 2 is 1.74 bits per heavy atom. The Bertz CT molecular complexity index is 1650. The summed E-state index contributed by atoms with van der Waals surface area (Å²) < 4.78 is 69.5. The largest absolute Gasteiger partial charge is 0.471 e. The van der Waals surface area contributed by atoms with Crippen LogP contribution in [0.2, 0.25) is 10.0 Å². The number of amides is 2. The number of H-pyrrole nitrogens is 1. The highest BCUT2D eigenvalue weighted by Crippen LogP contribution is 2.36. The molecular formula is C27H23Cl2F5N6O3. The number of nitrogens with zero attached hydrogens (tertiary/aromatic N) is 2. The molecule has 228 valence electrons. The summed E-state index contributed by atoms with van der Waals surface area (Å²) in [7, 11) is 0. The van der Waals surface area contributed by atoms with Gasteiger partial charge in [-0.15, -0.1) is 0 Å². The van der Waals surface area contributed by atoms with E-state index in [2.05, 4.69) is 30.9 Å². The molecule has 0 unspecified atom stereocenters. The van der Waals surface area contributed by atoms with Crippen molar-refractivity contribution in [3.05, 3.63) is 69.2 Å². The molecule has 2 aromatic heterocycles. The number of alkyl halides is 5. The van der Waals surface area contributed by atoms with Crippen LogP contribution >= 0.6 is 23.2 Å². The third-order valence-corrected chi connectivity index (χ3v) is 6.64. The number of nitrogens with one attached hydrogen (secondary N) is 4. The summed E-state index contributed by atoms with van der Waals surface area (Å²) in [5, 5.41) is 8.49. The number of carbonyl (C=O) groups is 2. The molecule has 2 heterocycles. The molecule has 0 atom stereocenters. The summed E-state index contributed by atoms with van der Waals surface area (Å²) in [6, 6.07) is 8.09. The van der Waals surface area contributed by atoms with Crippen molar-refractivity contribution in [2.24, 2.45) is 5.92 Å². The Morgan fingerprint density at radius 3 is 2.37 bits per heavy atom. The van der Waals surface area contributed by atoms with Crippen LogP contribution in [0, 0.1) is 5.92 Å². The first kappa shape index (κ1) is 31.8. The van der Waals surface area contributed by atoms with Crippen LogP contribution in [0.5, 0.6) is 5.88 Å². The Balaban J connectivity index is 1.62. The van der Waals surface area contributed by atoms with Crippen LogP contribution in [0.15, 0.2) is 42.5 Å². The maximum Gasteiger partial charge on any atom is 0.416 e. The topological polar surface area (TPSA) is 121 Å². The molecule has 16 heteroatoms. The number of hydrogen-bond donors (Lipinski definition) is 4. The minimum Gasteiger partial charge on any atom is -0.471 e. The van der Waals surface area contributed by atoms with Gasteiger partial charge < -0.3 is 25.7 Å². The summed E-state index contributed by atoms with van der Waals surface area (Å²) in [6.07, 6.45) is -7.46. The highest BCUT2D eigenvalue weighted by molar-refractivity contribution is 6.39. The van der Waals surface area contributed by atoms with Crippen LogP contribution in [0.1, 0.15) is 35.3 Å². The number of halogens is 7. The fraction of sp³-hybridized carbons (Fsp3) is 0.259. The van der Waals surface area contributed by atoms with E-state index < -0.39 is 36.6 Å². The number of fused-ring (bicyclic) bond motifs is 1. The Hall–Kier alpha value is -4.17. The van der Waals surface area contributed by atoms with Crippen molar-refractivity contribution in [2.75, 3.05) is 17.2 Å². The standard InChI is InChI=1S/C27H23Cl2F5N6O3/c1-12(2)23(41)35-10-13-3-8-17(28)21(20(13)29)38-26-37-18-9-16(25(39-22(18)40-26)43-11-19(30)31)24(42)36-15-6-4-14(5-7-15)27(32,33)34/h3-9,12,19H,10-11H2,1-2H3,(H,35,41)(H,36,42)(H2,37,38,39,40). The molecule has 0 aliphatic heterocycles. The molecule has 0 fully saturated rings. The summed E-state index contributed by atoms with van der Waals surface area (Å²) >= 11 is 12.9. The first-order valence-corrected chi connectivity index (χ1v) is 13.3. The molecule has 0 saturated carbocycles. The van der Waals surface area contributed by atoms with E-state index in [1.165, 1.54) is 6.07 Å². The zero-order chi connectivity index (χ0) is 31.5. The molecule has 43 heavy (non-hydrogen) atoms. The van der Waals surface area contributed by atoms with Crippen molar-refractivity contribution in [1.29, 1.82) is 0 Å². The van der Waals surface area contributed by atoms with Crippen LogP contribution in [0.4, 0.5) is 39.3 Å². The van der Waals surface area contributed by atoms with E-state index >= 15 is 0 Å². The average Bonchev–Trinajstić information content (AvgIpc) is 3.34. The van der Waals surface area contributed by atoms with Crippen molar-refractivity contribution < 1.29 is 36.3 Å². The maximum atomic E-state index is 13.0. The SMILES string of the molecule is CC(C)C(=O)NCc1ccc(Cl)c(Nc2nc3nc(OCC(F)F)c(C(=O)Nc4ccc(C(F)(F)F)cc4)cc3[nH]2)c1Cl. The molecule has 0 bridgehead atoms. The number of anilines is 3. The lowest BCUT2D eigenvalue weighted by molar-refractivity contribution is -0.137. The number of aromatic nitrogens is 3. The second-order valence-corrected chi connectivity index (χ2v) is 10.2. The predicted molar refractivity (Wildman–Crippen MR) is 151 cm³/mol. The number of aromatic amines is 1. The Kier molecular flexibility index (Phi) is 9.60. The van der Waals surface area contributed by atoms with Gasteiger partial charge in [-0.1, -0.05) is 43.1 Å². The first-order valence-electron chi connectivity index (χ1n) is 12.5. The van der Waals surface area contributed by atoms with Crippen LogP contribution in [-0.4, -0.2) is 39.8 Å². The lowest BCUT2D eigenvalue weighted by atomic mass is 10.1. The molecular weight excluding hydrogens is 622 g/mol. The van der Waals surface area contributed by atoms with Crippen molar-refractivity contribution >= 4 is 63.5 Å². The predicted octanol–water partition coefficient (Wildman–Crippen LogP) is 7.20. The smallest absolute Gasteiger partial charge is 0.416 e. The molecule has 4 N–H and O–H groups in total. The number of pyridine rings is 1. The monoisotopic (exact) mass is 644 g/mol. The molecule has 0 aliphatic carbocycles. The number of carbonyl (C=O) groups excluding carboxylic acids is 2. The van der Waals surface area contributed by atoms with E-state index in [0.717, 1.165) is 24.3 Å². The summed E-state index contributed by atoms with van der Waals surface area (Å²) in [4.78, 5) is 36.2. The van der Waals surface area contributed by atoms with Gasteiger partial charge >= 0.3 is 6.18 Å².